The summed E-state index contributed by atoms with van der Waals surface area (Å²) in [6, 6.07) is 0.0669. The van der Waals surface area contributed by atoms with Crippen LogP contribution in [0.15, 0.2) is 0 Å². The van der Waals surface area contributed by atoms with Gasteiger partial charge in [0, 0.05) is 12.1 Å². The highest BCUT2D eigenvalue weighted by Gasteiger charge is 2.35. The Hall–Kier alpha value is -0.360. The Morgan fingerprint density at radius 2 is 1.72 bits per heavy atom. The summed E-state index contributed by atoms with van der Waals surface area (Å²) in [6.45, 7) is 10.3. The molecule has 0 aliphatic heterocycles. The second kappa shape index (κ2) is 8.69. The first-order valence-electron chi connectivity index (χ1n) is 6.83. The van der Waals surface area contributed by atoms with Crippen molar-refractivity contribution in [2.45, 2.75) is 72.4 Å². The maximum absolute atomic E-state index is 12.5. The van der Waals surface area contributed by atoms with E-state index in [0.29, 0.717) is 6.61 Å². The zero-order valence-corrected chi connectivity index (χ0v) is 13.2. The molecular formula is C13H27N2O2P. The maximum Gasteiger partial charge on any atom is 0.371 e. The van der Waals surface area contributed by atoms with Crippen molar-refractivity contribution < 1.29 is 9.09 Å². The average Bonchev–Trinajstić information content (AvgIpc) is 2.27. The largest absolute Gasteiger partial charge is 0.371 e. The van der Waals surface area contributed by atoms with Crippen LogP contribution in [0.3, 0.4) is 0 Å². The average molecular weight is 274 g/mol. The molecule has 0 saturated carbocycles. The SMILES string of the molecule is CCCCCCOP(=O)(C#N)N(C(C)C)C(C)C. The van der Waals surface area contributed by atoms with Gasteiger partial charge in [-0.2, -0.15) is 5.26 Å². The van der Waals surface area contributed by atoms with Crippen LogP contribution in [0.5, 0.6) is 0 Å². The summed E-state index contributed by atoms with van der Waals surface area (Å²) in [6.07, 6.45) is 4.23. The van der Waals surface area contributed by atoms with Crippen LogP contribution in [0.4, 0.5) is 0 Å². The van der Waals surface area contributed by atoms with Crippen molar-refractivity contribution in [3.05, 3.63) is 0 Å². The molecule has 106 valence electrons. The standard InChI is InChI=1S/C13H27N2O2P/c1-6-7-8-9-10-17-18(16,11-14)15(12(2)3)13(4)5/h12-13H,6-10H2,1-5H3. The molecule has 0 aromatic rings. The fourth-order valence-corrected chi connectivity index (χ4v) is 3.96. The number of nitriles is 1. The quantitative estimate of drug-likeness (QED) is 0.462. The van der Waals surface area contributed by atoms with Gasteiger partial charge in [0.1, 0.15) is 0 Å². The summed E-state index contributed by atoms with van der Waals surface area (Å²) >= 11 is 0. The summed E-state index contributed by atoms with van der Waals surface area (Å²) in [5, 5.41) is 9.18. The minimum Gasteiger partial charge on any atom is -0.307 e. The lowest BCUT2D eigenvalue weighted by molar-refractivity contribution is 0.220. The third-order valence-electron chi connectivity index (χ3n) is 2.75. The maximum atomic E-state index is 12.5. The summed E-state index contributed by atoms with van der Waals surface area (Å²) < 4.78 is 19.7. The molecule has 18 heavy (non-hydrogen) atoms. The molecule has 0 aromatic carbocycles. The van der Waals surface area contributed by atoms with Gasteiger partial charge in [-0.25, -0.2) is 4.67 Å². The molecule has 4 nitrogen and oxygen atoms in total. The molecule has 0 aliphatic carbocycles. The lowest BCUT2D eigenvalue weighted by atomic mass is 10.2. The highest BCUT2D eigenvalue weighted by atomic mass is 31.2. The Morgan fingerprint density at radius 1 is 1.17 bits per heavy atom. The molecule has 5 heteroatoms. The molecule has 0 amide bonds. The predicted molar refractivity (Wildman–Crippen MR) is 75.4 cm³/mol. The number of unbranched alkanes of at least 4 members (excludes halogenated alkanes) is 3. The van der Waals surface area contributed by atoms with E-state index in [2.05, 4.69) is 6.92 Å². The lowest BCUT2D eigenvalue weighted by Gasteiger charge is -2.32. The van der Waals surface area contributed by atoms with E-state index in [1.807, 2.05) is 33.5 Å². The number of hydrogen-bond donors (Lipinski definition) is 0. The third kappa shape index (κ3) is 5.52. The molecule has 0 heterocycles. The Kier molecular flexibility index (Phi) is 8.52. The first kappa shape index (κ1) is 17.6. The lowest BCUT2D eigenvalue weighted by Crippen LogP contribution is -2.34. The first-order chi connectivity index (χ1) is 8.39. The van der Waals surface area contributed by atoms with Gasteiger partial charge in [-0.3, -0.25) is 4.57 Å². The van der Waals surface area contributed by atoms with Crippen LogP contribution in [0, 0.1) is 11.1 Å². The van der Waals surface area contributed by atoms with Gasteiger partial charge in [0.25, 0.3) is 0 Å². The second-order valence-corrected chi connectivity index (χ2v) is 7.04. The molecule has 0 N–H and O–H groups in total. The predicted octanol–water partition coefficient (Wildman–Crippen LogP) is 4.38. The fourth-order valence-electron chi connectivity index (χ4n) is 2.07. The first-order valence-corrected chi connectivity index (χ1v) is 8.41. The van der Waals surface area contributed by atoms with Gasteiger partial charge in [-0.1, -0.05) is 26.2 Å². The highest BCUT2D eigenvalue weighted by Crippen LogP contribution is 2.52. The Labute approximate surface area is 112 Å². The van der Waals surface area contributed by atoms with E-state index in [1.165, 1.54) is 0 Å². The molecule has 0 fully saturated rings. The van der Waals surface area contributed by atoms with Gasteiger partial charge in [0.05, 0.1) is 6.61 Å². The van der Waals surface area contributed by atoms with Crippen LogP contribution < -0.4 is 0 Å². The van der Waals surface area contributed by atoms with Gasteiger partial charge < -0.3 is 4.52 Å². The van der Waals surface area contributed by atoms with Gasteiger partial charge >= 0.3 is 7.52 Å². The Bertz CT molecular complexity index is 303. The topological polar surface area (TPSA) is 53.3 Å². The van der Waals surface area contributed by atoms with E-state index in [1.54, 1.807) is 4.67 Å². The van der Waals surface area contributed by atoms with Crippen molar-refractivity contribution in [2.75, 3.05) is 6.61 Å². The van der Waals surface area contributed by atoms with E-state index in [-0.39, 0.29) is 12.1 Å². The van der Waals surface area contributed by atoms with Crippen molar-refractivity contribution in [2.24, 2.45) is 0 Å². The molecule has 0 aliphatic rings. The Balaban J connectivity index is 4.50. The minimum absolute atomic E-state index is 0.0334. The van der Waals surface area contributed by atoms with E-state index in [0.717, 1.165) is 25.7 Å². The number of hydrogen-bond acceptors (Lipinski definition) is 3. The molecule has 1 unspecified atom stereocenters. The van der Waals surface area contributed by atoms with Crippen LogP contribution in [0.25, 0.3) is 0 Å². The molecule has 0 bridgehead atoms. The molecule has 1 atom stereocenters. The van der Waals surface area contributed by atoms with Crippen LogP contribution in [0.1, 0.15) is 60.3 Å². The summed E-state index contributed by atoms with van der Waals surface area (Å²) in [7, 11) is -3.33. The van der Waals surface area contributed by atoms with Crippen molar-refractivity contribution in [1.29, 1.82) is 5.26 Å². The molecule has 0 saturated heterocycles. The smallest absolute Gasteiger partial charge is 0.307 e. The van der Waals surface area contributed by atoms with E-state index in [9.17, 15) is 9.83 Å². The van der Waals surface area contributed by atoms with E-state index in [4.69, 9.17) is 4.52 Å². The molecule has 0 rings (SSSR count). The fraction of sp³-hybridized carbons (Fsp3) is 0.923. The Morgan fingerprint density at radius 3 is 2.11 bits per heavy atom. The van der Waals surface area contributed by atoms with Crippen LogP contribution >= 0.6 is 7.52 Å². The van der Waals surface area contributed by atoms with Crippen LogP contribution in [-0.4, -0.2) is 23.4 Å². The monoisotopic (exact) mass is 274 g/mol. The third-order valence-corrected chi connectivity index (χ3v) is 5.07. The number of nitrogens with zero attached hydrogens (tertiary/aromatic N) is 2. The van der Waals surface area contributed by atoms with Crippen molar-refractivity contribution >= 4 is 7.52 Å². The summed E-state index contributed by atoms with van der Waals surface area (Å²) in [4.78, 5) is 0. The van der Waals surface area contributed by atoms with Gasteiger partial charge in [0.2, 0.25) is 0 Å². The normalized spacial score (nSPS) is 15.1. The molecule has 0 spiro atoms. The number of rotatable bonds is 9. The summed E-state index contributed by atoms with van der Waals surface area (Å²) in [5.41, 5.74) is 0. The van der Waals surface area contributed by atoms with Crippen molar-refractivity contribution in [3.63, 3.8) is 0 Å². The van der Waals surface area contributed by atoms with E-state index >= 15 is 0 Å². The van der Waals surface area contributed by atoms with Crippen molar-refractivity contribution in [1.82, 2.24) is 4.67 Å². The summed E-state index contributed by atoms with van der Waals surface area (Å²) in [5.74, 6) is 1.89. The van der Waals surface area contributed by atoms with Gasteiger partial charge in [-0.05, 0) is 34.1 Å². The van der Waals surface area contributed by atoms with Gasteiger partial charge in [-0.15, -0.1) is 0 Å². The van der Waals surface area contributed by atoms with Crippen molar-refractivity contribution in [3.8, 4) is 5.81 Å². The minimum atomic E-state index is -3.33. The van der Waals surface area contributed by atoms with E-state index < -0.39 is 7.52 Å². The molecule has 0 radical (unpaired) electrons. The van der Waals surface area contributed by atoms with Crippen LogP contribution in [-0.2, 0) is 9.09 Å². The van der Waals surface area contributed by atoms with Gasteiger partial charge in [0.15, 0.2) is 5.81 Å². The second-order valence-electron chi connectivity index (χ2n) is 5.08. The zero-order chi connectivity index (χ0) is 14.2. The zero-order valence-electron chi connectivity index (χ0n) is 12.3. The molecular weight excluding hydrogens is 247 g/mol. The van der Waals surface area contributed by atoms with Crippen LogP contribution in [0.2, 0.25) is 0 Å². The molecule has 0 aromatic heterocycles. The highest BCUT2D eigenvalue weighted by molar-refractivity contribution is 7.61.